The highest BCUT2D eigenvalue weighted by molar-refractivity contribution is 7.89. The topological polar surface area (TPSA) is 79.5 Å². The van der Waals surface area contributed by atoms with E-state index in [1.807, 2.05) is 0 Å². The van der Waals surface area contributed by atoms with Gasteiger partial charge in [-0.05, 0) is 6.92 Å². The van der Waals surface area contributed by atoms with Gasteiger partial charge in [0.25, 0.3) is 0 Å². The standard InChI is InChI=1S/C10H14N2O4S/c1-8-7-12(4-5-16-8)17(14,15)10-6-11-3-2-9(10)13/h2-3,6,8H,4-5,7H2,1H3,(H,11,13). The lowest BCUT2D eigenvalue weighted by Gasteiger charge is -2.29. The zero-order valence-electron chi connectivity index (χ0n) is 9.42. The maximum absolute atomic E-state index is 12.2. The summed E-state index contributed by atoms with van der Waals surface area (Å²) >= 11 is 0. The molecule has 17 heavy (non-hydrogen) atoms. The first-order chi connectivity index (χ1) is 8.01. The molecule has 2 heterocycles. The van der Waals surface area contributed by atoms with Crippen LogP contribution >= 0.6 is 0 Å². The van der Waals surface area contributed by atoms with Crippen LogP contribution in [0.15, 0.2) is 28.2 Å². The Morgan fingerprint density at radius 1 is 1.53 bits per heavy atom. The lowest BCUT2D eigenvalue weighted by Crippen LogP contribution is -2.45. The SMILES string of the molecule is CC1CN(S(=O)(=O)c2c[nH]ccc2=O)CCO1. The van der Waals surface area contributed by atoms with Gasteiger partial charge in [-0.3, -0.25) is 4.79 Å². The minimum absolute atomic E-state index is 0.152. The molecule has 0 amide bonds. The molecule has 2 rings (SSSR count). The van der Waals surface area contributed by atoms with Gasteiger partial charge in [0.2, 0.25) is 15.5 Å². The largest absolute Gasteiger partial charge is 0.376 e. The van der Waals surface area contributed by atoms with Crippen molar-refractivity contribution in [1.82, 2.24) is 9.29 Å². The Morgan fingerprint density at radius 3 is 2.94 bits per heavy atom. The quantitative estimate of drug-likeness (QED) is 0.795. The molecule has 1 aliphatic rings. The minimum atomic E-state index is -3.72. The Balaban J connectivity index is 2.37. The van der Waals surface area contributed by atoms with E-state index in [-0.39, 0.29) is 24.1 Å². The Labute approximate surface area is 99.3 Å². The van der Waals surface area contributed by atoms with Crippen LogP contribution in [0, 0.1) is 0 Å². The molecule has 0 radical (unpaired) electrons. The number of aromatic nitrogens is 1. The summed E-state index contributed by atoms with van der Waals surface area (Å²) in [4.78, 5) is 13.9. The molecule has 6 nitrogen and oxygen atoms in total. The molecule has 0 bridgehead atoms. The van der Waals surface area contributed by atoms with Crippen LogP contribution in [0.2, 0.25) is 0 Å². The van der Waals surface area contributed by atoms with Gasteiger partial charge in [0.15, 0.2) is 0 Å². The summed E-state index contributed by atoms with van der Waals surface area (Å²) in [5.74, 6) is 0. The van der Waals surface area contributed by atoms with Gasteiger partial charge in [-0.15, -0.1) is 0 Å². The first-order valence-corrected chi connectivity index (χ1v) is 6.74. The van der Waals surface area contributed by atoms with Crippen LogP contribution in [0.1, 0.15) is 6.92 Å². The van der Waals surface area contributed by atoms with Crippen LogP contribution in [-0.4, -0.2) is 43.5 Å². The molecule has 0 aliphatic carbocycles. The van der Waals surface area contributed by atoms with Gasteiger partial charge >= 0.3 is 0 Å². The van der Waals surface area contributed by atoms with E-state index in [1.54, 1.807) is 6.92 Å². The molecule has 0 spiro atoms. The molecule has 1 fully saturated rings. The number of hydrogen-bond donors (Lipinski definition) is 1. The third kappa shape index (κ3) is 2.41. The van der Waals surface area contributed by atoms with Crippen molar-refractivity contribution in [3.8, 4) is 0 Å². The van der Waals surface area contributed by atoms with Crippen molar-refractivity contribution >= 4 is 10.0 Å². The highest BCUT2D eigenvalue weighted by Crippen LogP contribution is 2.15. The lowest BCUT2D eigenvalue weighted by molar-refractivity contribution is 0.0101. The number of rotatable bonds is 2. The third-order valence-corrected chi connectivity index (χ3v) is 4.50. The predicted molar refractivity (Wildman–Crippen MR) is 61.2 cm³/mol. The van der Waals surface area contributed by atoms with E-state index >= 15 is 0 Å². The van der Waals surface area contributed by atoms with Gasteiger partial charge in [-0.25, -0.2) is 8.42 Å². The van der Waals surface area contributed by atoms with Crippen molar-refractivity contribution in [3.05, 3.63) is 28.7 Å². The Bertz CT molecular complexity index is 551. The third-order valence-electron chi connectivity index (χ3n) is 2.61. The maximum Gasteiger partial charge on any atom is 0.248 e. The van der Waals surface area contributed by atoms with E-state index < -0.39 is 15.5 Å². The molecule has 0 saturated carbocycles. The van der Waals surface area contributed by atoms with Crippen LogP contribution < -0.4 is 5.43 Å². The fourth-order valence-electron chi connectivity index (χ4n) is 1.75. The van der Waals surface area contributed by atoms with Crippen LogP contribution in [0.25, 0.3) is 0 Å². The summed E-state index contributed by atoms with van der Waals surface area (Å²) in [5.41, 5.74) is -0.497. The molecule has 1 unspecified atom stereocenters. The number of aromatic amines is 1. The van der Waals surface area contributed by atoms with Crippen LogP contribution in [0.5, 0.6) is 0 Å². The van der Waals surface area contributed by atoms with E-state index in [9.17, 15) is 13.2 Å². The first kappa shape index (κ1) is 12.3. The average molecular weight is 258 g/mol. The van der Waals surface area contributed by atoms with E-state index in [0.717, 1.165) is 0 Å². The van der Waals surface area contributed by atoms with Crippen LogP contribution in [-0.2, 0) is 14.8 Å². The van der Waals surface area contributed by atoms with Gasteiger partial charge in [0.1, 0.15) is 4.90 Å². The number of H-pyrrole nitrogens is 1. The van der Waals surface area contributed by atoms with E-state index in [0.29, 0.717) is 6.61 Å². The van der Waals surface area contributed by atoms with Crippen molar-refractivity contribution in [1.29, 1.82) is 0 Å². The van der Waals surface area contributed by atoms with Gasteiger partial charge < -0.3 is 9.72 Å². The van der Waals surface area contributed by atoms with Crippen molar-refractivity contribution in [2.24, 2.45) is 0 Å². The van der Waals surface area contributed by atoms with Gasteiger partial charge in [-0.1, -0.05) is 0 Å². The molecule has 0 aromatic carbocycles. The van der Waals surface area contributed by atoms with Crippen molar-refractivity contribution in [3.63, 3.8) is 0 Å². The Morgan fingerprint density at radius 2 is 2.29 bits per heavy atom. The lowest BCUT2D eigenvalue weighted by atomic mass is 10.3. The van der Waals surface area contributed by atoms with E-state index in [1.165, 1.54) is 22.8 Å². The molecule has 94 valence electrons. The molecule has 1 aromatic heterocycles. The Kier molecular flexibility index (Phi) is 3.32. The monoisotopic (exact) mass is 258 g/mol. The summed E-state index contributed by atoms with van der Waals surface area (Å²) in [6.45, 7) is 2.71. The summed E-state index contributed by atoms with van der Waals surface area (Å²) in [6, 6.07) is 1.21. The number of pyridine rings is 1. The number of morpholine rings is 1. The fourth-order valence-corrected chi connectivity index (χ4v) is 3.28. The fraction of sp³-hybridized carbons (Fsp3) is 0.500. The summed E-state index contributed by atoms with van der Waals surface area (Å²) in [7, 11) is -3.72. The molecule has 7 heteroatoms. The molecule has 1 N–H and O–H groups in total. The zero-order valence-corrected chi connectivity index (χ0v) is 10.2. The molecule has 1 saturated heterocycles. The molecule has 1 aromatic rings. The molecule has 1 atom stereocenters. The second-order valence-corrected chi connectivity index (χ2v) is 5.82. The smallest absolute Gasteiger partial charge is 0.248 e. The highest BCUT2D eigenvalue weighted by Gasteiger charge is 2.30. The number of sulfonamides is 1. The second kappa shape index (κ2) is 4.59. The van der Waals surface area contributed by atoms with Gasteiger partial charge in [-0.2, -0.15) is 4.31 Å². The van der Waals surface area contributed by atoms with Crippen LogP contribution in [0.3, 0.4) is 0 Å². The van der Waals surface area contributed by atoms with Gasteiger partial charge in [0.05, 0.1) is 12.7 Å². The predicted octanol–water partition coefficient (Wildman–Crippen LogP) is -0.216. The number of hydrogen-bond acceptors (Lipinski definition) is 4. The molecular formula is C10H14N2O4S. The normalized spacial score (nSPS) is 22.5. The summed E-state index contributed by atoms with van der Waals surface area (Å²) < 4.78 is 31.0. The maximum atomic E-state index is 12.2. The van der Waals surface area contributed by atoms with Crippen molar-refractivity contribution in [2.75, 3.05) is 19.7 Å². The molecule has 1 aliphatic heterocycles. The van der Waals surface area contributed by atoms with Gasteiger partial charge in [0, 0.05) is 31.5 Å². The van der Waals surface area contributed by atoms with Crippen molar-refractivity contribution < 1.29 is 13.2 Å². The summed E-state index contributed by atoms with van der Waals surface area (Å²) in [6.07, 6.45) is 2.47. The Hall–Kier alpha value is -1.18. The average Bonchev–Trinajstić information content (AvgIpc) is 2.29. The van der Waals surface area contributed by atoms with Crippen molar-refractivity contribution in [2.45, 2.75) is 17.9 Å². The van der Waals surface area contributed by atoms with Crippen LogP contribution in [0.4, 0.5) is 0 Å². The number of nitrogens with zero attached hydrogens (tertiary/aromatic N) is 1. The number of ether oxygens (including phenoxy) is 1. The molecular weight excluding hydrogens is 244 g/mol. The zero-order chi connectivity index (χ0) is 12.5. The van der Waals surface area contributed by atoms with E-state index in [2.05, 4.69) is 4.98 Å². The first-order valence-electron chi connectivity index (χ1n) is 5.30. The second-order valence-electron chi connectivity index (χ2n) is 3.92. The highest BCUT2D eigenvalue weighted by atomic mass is 32.2. The summed E-state index contributed by atoms with van der Waals surface area (Å²) in [5, 5.41) is 0. The van der Waals surface area contributed by atoms with E-state index in [4.69, 9.17) is 4.74 Å². The minimum Gasteiger partial charge on any atom is -0.376 e. The number of nitrogens with one attached hydrogen (secondary N) is 1.